The number of rotatable bonds is 5. The normalized spacial score (nSPS) is 20.7. The van der Waals surface area contributed by atoms with Crippen LogP contribution in [0.25, 0.3) is 0 Å². The zero-order valence-electron chi connectivity index (χ0n) is 15.1. The van der Waals surface area contributed by atoms with Gasteiger partial charge in [-0.05, 0) is 49.8 Å². The molecule has 5 heteroatoms. The van der Waals surface area contributed by atoms with E-state index in [2.05, 4.69) is 12.2 Å². The first-order valence-electron chi connectivity index (χ1n) is 9.54. The minimum Gasteiger partial charge on any atom is -0.393 e. The molecule has 0 atom stereocenters. The summed E-state index contributed by atoms with van der Waals surface area (Å²) in [4.78, 5) is 14.5. The Morgan fingerprint density at radius 1 is 1.32 bits per heavy atom. The predicted octanol–water partition coefficient (Wildman–Crippen LogP) is 3.37. The maximum absolute atomic E-state index is 14.5. The molecule has 3 rings (SSSR count). The lowest BCUT2D eigenvalue weighted by molar-refractivity contribution is -0.131. The molecule has 2 N–H and O–H groups in total. The van der Waals surface area contributed by atoms with E-state index in [0.29, 0.717) is 38.2 Å². The number of amides is 1. The third kappa shape index (κ3) is 3.97. The minimum absolute atomic E-state index is 0.113. The van der Waals surface area contributed by atoms with Gasteiger partial charge in [-0.1, -0.05) is 25.8 Å². The van der Waals surface area contributed by atoms with E-state index in [1.807, 2.05) is 11.0 Å². The molecule has 1 aliphatic heterocycles. The van der Waals surface area contributed by atoms with E-state index in [1.165, 1.54) is 6.07 Å². The molecule has 1 aromatic carbocycles. The number of carbonyl (C=O) groups is 1. The predicted molar refractivity (Wildman–Crippen MR) is 96.9 cm³/mol. The Kier molecular flexibility index (Phi) is 5.62. The van der Waals surface area contributed by atoms with Gasteiger partial charge in [-0.15, -0.1) is 0 Å². The standard InChI is InChI=1S/C20H29FN2O2/c1-2-20(9-3-4-10-20)19(25)22-14-15-5-6-18(17(21)13-15)23-11-7-16(24)8-12-23/h5-6,13,16,24H,2-4,7-12,14H2,1H3,(H,22,25). The Bertz CT molecular complexity index is 606. The van der Waals surface area contributed by atoms with E-state index < -0.39 is 0 Å². The Balaban J connectivity index is 1.60. The largest absolute Gasteiger partial charge is 0.393 e. The zero-order chi connectivity index (χ0) is 17.9. The number of halogens is 1. The van der Waals surface area contributed by atoms with Crippen LogP contribution in [0.15, 0.2) is 18.2 Å². The van der Waals surface area contributed by atoms with E-state index in [-0.39, 0.29) is 23.2 Å². The molecule has 1 amide bonds. The summed E-state index contributed by atoms with van der Waals surface area (Å²) in [5.74, 6) is -0.142. The number of hydrogen-bond acceptors (Lipinski definition) is 3. The molecule has 1 heterocycles. The van der Waals surface area contributed by atoms with Crippen molar-refractivity contribution in [3.05, 3.63) is 29.6 Å². The van der Waals surface area contributed by atoms with Crippen molar-refractivity contribution in [2.75, 3.05) is 18.0 Å². The van der Waals surface area contributed by atoms with Crippen LogP contribution in [-0.2, 0) is 11.3 Å². The van der Waals surface area contributed by atoms with Gasteiger partial charge in [0.05, 0.1) is 11.8 Å². The van der Waals surface area contributed by atoms with Gasteiger partial charge >= 0.3 is 0 Å². The van der Waals surface area contributed by atoms with Crippen LogP contribution < -0.4 is 10.2 Å². The van der Waals surface area contributed by atoms with Gasteiger partial charge in [0.15, 0.2) is 0 Å². The van der Waals surface area contributed by atoms with E-state index >= 15 is 0 Å². The van der Waals surface area contributed by atoms with Crippen LogP contribution in [0.2, 0.25) is 0 Å². The van der Waals surface area contributed by atoms with Gasteiger partial charge in [0.25, 0.3) is 0 Å². The lowest BCUT2D eigenvalue weighted by Gasteiger charge is -2.31. The fourth-order valence-corrected chi connectivity index (χ4v) is 4.19. The number of nitrogens with zero attached hydrogens (tertiary/aromatic N) is 1. The number of piperidine rings is 1. The molecular formula is C20H29FN2O2. The topological polar surface area (TPSA) is 52.6 Å². The first-order chi connectivity index (χ1) is 12.0. The molecule has 0 aromatic heterocycles. The molecule has 1 aromatic rings. The Morgan fingerprint density at radius 2 is 2.00 bits per heavy atom. The summed E-state index contributed by atoms with van der Waals surface area (Å²) in [5.41, 5.74) is 1.16. The SMILES string of the molecule is CCC1(C(=O)NCc2ccc(N3CCC(O)CC3)c(F)c2)CCCC1. The summed E-state index contributed by atoms with van der Waals surface area (Å²) in [5, 5.41) is 12.6. The second-order valence-corrected chi connectivity index (χ2v) is 7.53. The van der Waals surface area contributed by atoms with E-state index in [9.17, 15) is 14.3 Å². The third-order valence-corrected chi connectivity index (χ3v) is 5.99. The van der Waals surface area contributed by atoms with Crippen molar-refractivity contribution >= 4 is 11.6 Å². The zero-order valence-corrected chi connectivity index (χ0v) is 15.1. The first kappa shape index (κ1) is 18.2. The lowest BCUT2D eigenvalue weighted by Crippen LogP contribution is -2.38. The average molecular weight is 348 g/mol. The summed E-state index contributed by atoms with van der Waals surface area (Å²) < 4.78 is 14.5. The highest BCUT2D eigenvalue weighted by atomic mass is 19.1. The van der Waals surface area contributed by atoms with Gasteiger partial charge in [0, 0.05) is 25.0 Å². The van der Waals surface area contributed by atoms with Gasteiger partial charge in [-0.25, -0.2) is 4.39 Å². The number of aliphatic hydroxyl groups is 1. The molecular weight excluding hydrogens is 319 g/mol. The molecule has 25 heavy (non-hydrogen) atoms. The summed E-state index contributed by atoms with van der Waals surface area (Å²) in [7, 11) is 0. The maximum Gasteiger partial charge on any atom is 0.226 e. The third-order valence-electron chi connectivity index (χ3n) is 5.99. The molecule has 4 nitrogen and oxygen atoms in total. The van der Waals surface area contributed by atoms with Crippen LogP contribution in [0.1, 0.15) is 57.4 Å². The van der Waals surface area contributed by atoms with Gasteiger partial charge in [0.1, 0.15) is 5.82 Å². The van der Waals surface area contributed by atoms with Crippen LogP contribution in [0.3, 0.4) is 0 Å². The molecule has 1 saturated carbocycles. The number of hydrogen-bond donors (Lipinski definition) is 2. The van der Waals surface area contributed by atoms with E-state index in [4.69, 9.17) is 0 Å². The molecule has 2 aliphatic rings. The van der Waals surface area contributed by atoms with Crippen molar-refractivity contribution in [2.24, 2.45) is 5.41 Å². The van der Waals surface area contributed by atoms with Crippen LogP contribution in [0.5, 0.6) is 0 Å². The van der Waals surface area contributed by atoms with Crippen LogP contribution in [-0.4, -0.2) is 30.2 Å². The molecule has 138 valence electrons. The summed E-state index contributed by atoms with van der Waals surface area (Å²) in [6.07, 6.45) is 6.12. The highest BCUT2D eigenvalue weighted by Crippen LogP contribution is 2.41. The Morgan fingerprint density at radius 3 is 2.60 bits per heavy atom. The highest BCUT2D eigenvalue weighted by molar-refractivity contribution is 5.82. The van der Waals surface area contributed by atoms with Gasteiger partial charge in [-0.3, -0.25) is 4.79 Å². The van der Waals surface area contributed by atoms with Crippen molar-refractivity contribution in [3.63, 3.8) is 0 Å². The molecule has 0 bridgehead atoms. The highest BCUT2D eigenvalue weighted by Gasteiger charge is 2.38. The number of anilines is 1. The summed E-state index contributed by atoms with van der Waals surface area (Å²) in [6, 6.07) is 5.20. The maximum atomic E-state index is 14.5. The van der Waals surface area contributed by atoms with E-state index in [1.54, 1.807) is 6.07 Å². The fourth-order valence-electron chi connectivity index (χ4n) is 4.19. The number of aliphatic hydroxyl groups excluding tert-OH is 1. The summed E-state index contributed by atoms with van der Waals surface area (Å²) in [6.45, 7) is 3.80. The molecule has 1 saturated heterocycles. The monoisotopic (exact) mass is 348 g/mol. The molecule has 0 unspecified atom stereocenters. The number of carbonyl (C=O) groups excluding carboxylic acids is 1. The lowest BCUT2D eigenvalue weighted by atomic mass is 9.82. The quantitative estimate of drug-likeness (QED) is 0.858. The van der Waals surface area contributed by atoms with Gasteiger partial charge in [-0.2, -0.15) is 0 Å². The Hall–Kier alpha value is -1.62. The van der Waals surface area contributed by atoms with Crippen LogP contribution in [0, 0.1) is 11.2 Å². The van der Waals surface area contributed by atoms with Crippen molar-refractivity contribution in [2.45, 2.75) is 64.5 Å². The van der Waals surface area contributed by atoms with Crippen LogP contribution in [0.4, 0.5) is 10.1 Å². The van der Waals surface area contributed by atoms with Crippen molar-refractivity contribution in [3.8, 4) is 0 Å². The van der Waals surface area contributed by atoms with Crippen molar-refractivity contribution < 1.29 is 14.3 Å². The van der Waals surface area contributed by atoms with E-state index in [0.717, 1.165) is 37.7 Å². The fraction of sp³-hybridized carbons (Fsp3) is 0.650. The van der Waals surface area contributed by atoms with Gasteiger partial charge < -0.3 is 15.3 Å². The van der Waals surface area contributed by atoms with Crippen molar-refractivity contribution in [1.29, 1.82) is 0 Å². The molecule has 0 radical (unpaired) electrons. The van der Waals surface area contributed by atoms with Gasteiger partial charge in [0.2, 0.25) is 5.91 Å². The van der Waals surface area contributed by atoms with Crippen molar-refractivity contribution in [1.82, 2.24) is 5.32 Å². The average Bonchev–Trinajstić information content (AvgIpc) is 3.11. The smallest absolute Gasteiger partial charge is 0.226 e. The molecule has 2 fully saturated rings. The Labute approximate surface area is 149 Å². The first-order valence-corrected chi connectivity index (χ1v) is 9.54. The minimum atomic E-state index is -0.268. The molecule has 1 aliphatic carbocycles. The second-order valence-electron chi connectivity index (χ2n) is 7.53. The second kappa shape index (κ2) is 7.73. The summed E-state index contributed by atoms with van der Waals surface area (Å²) >= 11 is 0. The molecule has 0 spiro atoms. The number of nitrogens with one attached hydrogen (secondary N) is 1. The van der Waals surface area contributed by atoms with Crippen LogP contribution >= 0.6 is 0 Å². The number of benzene rings is 1.